The van der Waals surface area contributed by atoms with E-state index in [-0.39, 0.29) is 11.5 Å². The first-order valence-electron chi connectivity index (χ1n) is 6.64. The number of rotatable bonds is 4. The number of para-hydroxylation sites is 2. The zero-order valence-electron chi connectivity index (χ0n) is 12.4. The van der Waals surface area contributed by atoms with Gasteiger partial charge >= 0.3 is 0 Å². The van der Waals surface area contributed by atoms with Crippen LogP contribution < -0.4 is 15.4 Å². The number of ether oxygens (including phenoxy) is 1. The van der Waals surface area contributed by atoms with Crippen LogP contribution in [0.15, 0.2) is 24.3 Å². The summed E-state index contributed by atoms with van der Waals surface area (Å²) in [6.07, 6.45) is 0. The second-order valence-electron chi connectivity index (χ2n) is 5.62. The fourth-order valence-electron chi connectivity index (χ4n) is 1.42. The molecule has 1 rings (SSSR count). The summed E-state index contributed by atoms with van der Waals surface area (Å²) in [7, 11) is 0. The van der Waals surface area contributed by atoms with Gasteiger partial charge in [-0.1, -0.05) is 32.9 Å². The predicted molar refractivity (Wildman–Crippen MR) is 85.9 cm³/mol. The molecule has 0 heterocycles. The van der Waals surface area contributed by atoms with E-state index in [1.54, 1.807) is 0 Å². The molecule has 0 bridgehead atoms. The second-order valence-corrected chi connectivity index (χ2v) is 6.02. The topological polar surface area (TPSA) is 33.3 Å². The van der Waals surface area contributed by atoms with Crippen LogP contribution in [-0.2, 0) is 0 Å². The third-order valence-corrected chi connectivity index (χ3v) is 3.30. The van der Waals surface area contributed by atoms with E-state index in [1.807, 2.05) is 31.2 Å². The Bertz CT molecular complexity index is 426. The van der Waals surface area contributed by atoms with Crippen LogP contribution in [0.3, 0.4) is 0 Å². The highest BCUT2D eigenvalue weighted by Crippen LogP contribution is 2.24. The van der Waals surface area contributed by atoms with Crippen LogP contribution in [0.2, 0.25) is 0 Å². The molecule has 1 aromatic carbocycles. The molecule has 2 N–H and O–H groups in total. The summed E-state index contributed by atoms with van der Waals surface area (Å²) in [5.74, 6) is 0.817. The monoisotopic (exact) mass is 280 g/mol. The van der Waals surface area contributed by atoms with Gasteiger partial charge in [0.2, 0.25) is 0 Å². The first-order chi connectivity index (χ1) is 8.84. The van der Waals surface area contributed by atoms with E-state index >= 15 is 0 Å². The minimum atomic E-state index is 0.158. The second kappa shape index (κ2) is 6.75. The Labute approximate surface area is 121 Å². The third-order valence-electron chi connectivity index (χ3n) is 3.08. The predicted octanol–water partition coefficient (Wildman–Crippen LogP) is 3.81. The van der Waals surface area contributed by atoms with Crippen molar-refractivity contribution < 1.29 is 4.74 Å². The van der Waals surface area contributed by atoms with Gasteiger partial charge in [0, 0.05) is 6.04 Å². The summed E-state index contributed by atoms with van der Waals surface area (Å²) in [6, 6.07) is 8.08. The van der Waals surface area contributed by atoms with E-state index in [1.165, 1.54) is 0 Å². The fourth-order valence-corrected chi connectivity index (χ4v) is 1.71. The Morgan fingerprint density at radius 1 is 1.32 bits per heavy atom. The molecular weight excluding hydrogens is 256 g/mol. The van der Waals surface area contributed by atoms with Crippen molar-refractivity contribution in [1.29, 1.82) is 0 Å². The number of benzene rings is 1. The molecule has 0 aliphatic rings. The first kappa shape index (κ1) is 15.8. The van der Waals surface area contributed by atoms with Gasteiger partial charge in [0.25, 0.3) is 0 Å². The molecule has 0 amide bonds. The average Bonchev–Trinajstić information content (AvgIpc) is 2.30. The Morgan fingerprint density at radius 2 is 1.95 bits per heavy atom. The first-order valence-corrected chi connectivity index (χ1v) is 7.04. The molecule has 4 heteroatoms. The smallest absolute Gasteiger partial charge is 0.171 e. The summed E-state index contributed by atoms with van der Waals surface area (Å²) >= 11 is 5.35. The third kappa shape index (κ3) is 5.07. The lowest BCUT2D eigenvalue weighted by Crippen LogP contribution is -2.43. The summed E-state index contributed by atoms with van der Waals surface area (Å²) in [4.78, 5) is 0. The van der Waals surface area contributed by atoms with Crippen molar-refractivity contribution in [3.05, 3.63) is 24.3 Å². The molecule has 0 saturated carbocycles. The van der Waals surface area contributed by atoms with Gasteiger partial charge in [-0.25, -0.2) is 0 Å². The van der Waals surface area contributed by atoms with Crippen molar-refractivity contribution in [2.45, 2.75) is 40.7 Å². The van der Waals surface area contributed by atoms with Crippen molar-refractivity contribution in [1.82, 2.24) is 5.32 Å². The summed E-state index contributed by atoms with van der Waals surface area (Å²) < 4.78 is 5.56. The van der Waals surface area contributed by atoms with Gasteiger partial charge in [0.1, 0.15) is 5.75 Å². The molecule has 0 aliphatic carbocycles. The number of thiocarbonyl (C=S) groups is 1. The Kier molecular flexibility index (Phi) is 5.60. The maximum atomic E-state index is 5.56. The van der Waals surface area contributed by atoms with Crippen molar-refractivity contribution in [3.63, 3.8) is 0 Å². The quantitative estimate of drug-likeness (QED) is 0.822. The molecule has 19 heavy (non-hydrogen) atoms. The van der Waals surface area contributed by atoms with E-state index in [0.717, 1.165) is 11.4 Å². The Balaban J connectivity index is 2.67. The van der Waals surface area contributed by atoms with E-state index in [0.29, 0.717) is 11.7 Å². The maximum absolute atomic E-state index is 5.56. The molecule has 0 fully saturated rings. The largest absolute Gasteiger partial charge is 0.492 e. The molecule has 1 aromatic rings. The number of anilines is 1. The summed E-state index contributed by atoms with van der Waals surface area (Å²) in [5.41, 5.74) is 1.05. The van der Waals surface area contributed by atoms with Crippen LogP contribution in [-0.4, -0.2) is 17.8 Å². The van der Waals surface area contributed by atoms with Gasteiger partial charge in [-0.2, -0.15) is 0 Å². The summed E-state index contributed by atoms with van der Waals surface area (Å²) in [5, 5.41) is 7.12. The molecular formula is C15H24N2OS. The van der Waals surface area contributed by atoms with Crippen molar-refractivity contribution in [3.8, 4) is 5.75 Å². The lowest BCUT2D eigenvalue weighted by atomic mass is 9.88. The molecule has 106 valence electrons. The maximum Gasteiger partial charge on any atom is 0.171 e. The van der Waals surface area contributed by atoms with Gasteiger partial charge in [-0.3, -0.25) is 0 Å². The van der Waals surface area contributed by atoms with Crippen LogP contribution >= 0.6 is 12.2 Å². The zero-order chi connectivity index (χ0) is 14.5. The molecule has 0 radical (unpaired) electrons. The number of hydrogen-bond donors (Lipinski definition) is 2. The molecule has 1 unspecified atom stereocenters. The normalized spacial score (nSPS) is 12.7. The van der Waals surface area contributed by atoms with Crippen LogP contribution in [0.1, 0.15) is 34.6 Å². The van der Waals surface area contributed by atoms with Crippen molar-refractivity contribution >= 4 is 23.0 Å². The van der Waals surface area contributed by atoms with Crippen LogP contribution in [0.4, 0.5) is 5.69 Å². The van der Waals surface area contributed by atoms with Crippen LogP contribution in [0, 0.1) is 5.41 Å². The minimum Gasteiger partial charge on any atom is -0.492 e. The van der Waals surface area contributed by atoms with Gasteiger partial charge in [0.05, 0.1) is 12.3 Å². The highest BCUT2D eigenvalue weighted by molar-refractivity contribution is 7.80. The Hall–Kier alpha value is -1.29. The van der Waals surface area contributed by atoms with Crippen molar-refractivity contribution in [2.24, 2.45) is 5.41 Å². The van der Waals surface area contributed by atoms with Crippen LogP contribution in [0.25, 0.3) is 0 Å². The van der Waals surface area contributed by atoms with E-state index < -0.39 is 0 Å². The highest BCUT2D eigenvalue weighted by atomic mass is 32.1. The molecule has 0 saturated heterocycles. The molecule has 0 spiro atoms. The van der Waals surface area contributed by atoms with Gasteiger partial charge in [0.15, 0.2) is 5.11 Å². The van der Waals surface area contributed by atoms with Crippen molar-refractivity contribution in [2.75, 3.05) is 11.9 Å². The number of nitrogens with one attached hydrogen (secondary N) is 2. The summed E-state index contributed by atoms with van der Waals surface area (Å²) in [6.45, 7) is 11.3. The minimum absolute atomic E-state index is 0.158. The average molecular weight is 280 g/mol. The molecule has 0 aliphatic heterocycles. The van der Waals surface area contributed by atoms with Gasteiger partial charge in [-0.15, -0.1) is 0 Å². The lowest BCUT2D eigenvalue weighted by molar-refractivity contribution is 0.317. The standard InChI is InChI=1S/C15H24N2OS/c1-6-18-13-10-8-7-9-12(13)17-14(19)16-11(2)15(3,4)5/h7-11H,6H2,1-5H3,(H2,16,17,19). The molecule has 0 aromatic heterocycles. The van der Waals surface area contributed by atoms with Gasteiger partial charge < -0.3 is 15.4 Å². The van der Waals surface area contributed by atoms with E-state index in [4.69, 9.17) is 17.0 Å². The Morgan fingerprint density at radius 3 is 2.53 bits per heavy atom. The van der Waals surface area contributed by atoms with E-state index in [2.05, 4.69) is 38.3 Å². The van der Waals surface area contributed by atoms with E-state index in [9.17, 15) is 0 Å². The fraction of sp³-hybridized carbons (Fsp3) is 0.533. The molecule has 3 nitrogen and oxygen atoms in total. The number of hydrogen-bond acceptors (Lipinski definition) is 2. The van der Waals surface area contributed by atoms with Gasteiger partial charge in [-0.05, 0) is 43.6 Å². The SMILES string of the molecule is CCOc1ccccc1NC(=S)NC(C)C(C)(C)C. The zero-order valence-corrected chi connectivity index (χ0v) is 13.2. The van der Waals surface area contributed by atoms with Crippen LogP contribution in [0.5, 0.6) is 5.75 Å². The highest BCUT2D eigenvalue weighted by Gasteiger charge is 2.20. The molecule has 1 atom stereocenters. The lowest BCUT2D eigenvalue weighted by Gasteiger charge is -2.29.